The van der Waals surface area contributed by atoms with Crippen LogP contribution in [0.5, 0.6) is 11.5 Å². The molecule has 0 fully saturated rings. The van der Waals surface area contributed by atoms with Gasteiger partial charge in [-0.05, 0) is 47.0 Å². The molecule has 0 aliphatic carbocycles. The van der Waals surface area contributed by atoms with Crippen LogP contribution < -0.4 is 26.2 Å². The third-order valence-corrected chi connectivity index (χ3v) is 5.32. The lowest BCUT2D eigenvalue weighted by Crippen LogP contribution is -2.43. The van der Waals surface area contributed by atoms with E-state index >= 15 is 0 Å². The van der Waals surface area contributed by atoms with Gasteiger partial charge in [0.1, 0.15) is 11.5 Å². The number of methoxy groups -OCH3 is 2. The lowest BCUT2D eigenvalue weighted by atomic mass is 10.2. The second kappa shape index (κ2) is 10.5. The highest BCUT2D eigenvalue weighted by Gasteiger charge is 2.14. The van der Waals surface area contributed by atoms with Gasteiger partial charge < -0.3 is 14.8 Å². The minimum atomic E-state index is -0.625. The molecule has 0 atom stereocenters. The highest BCUT2D eigenvalue weighted by atomic mass is 16.5. The third kappa shape index (κ3) is 5.32. The predicted molar refractivity (Wildman–Crippen MR) is 129 cm³/mol. The highest BCUT2D eigenvalue weighted by Crippen LogP contribution is 2.14. The summed E-state index contributed by atoms with van der Waals surface area (Å²) in [7, 11) is 3.18. The van der Waals surface area contributed by atoms with Crippen molar-refractivity contribution in [2.24, 2.45) is 0 Å². The van der Waals surface area contributed by atoms with E-state index in [1.807, 2.05) is 48.5 Å². The van der Waals surface area contributed by atoms with Crippen molar-refractivity contribution < 1.29 is 9.47 Å². The first-order valence-corrected chi connectivity index (χ1v) is 10.7. The molecule has 0 unspecified atom stereocenters. The number of hydrogen-bond acceptors (Lipinski definition) is 7. The van der Waals surface area contributed by atoms with E-state index in [0.29, 0.717) is 18.0 Å². The van der Waals surface area contributed by atoms with Gasteiger partial charge in [-0.25, -0.2) is 14.2 Å². The second-order valence-corrected chi connectivity index (χ2v) is 7.58. The molecule has 0 amide bonds. The Hall–Kier alpha value is -4.40. The third-order valence-electron chi connectivity index (χ3n) is 5.32. The molecule has 4 rings (SSSR count). The summed E-state index contributed by atoms with van der Waals surface area (Å²) >= 11 is 0. The molecule has 9 heteroatoms. The lowest BCUT2D eigenvalue weighted by Gasteiger charge is -2.16. The van der Waals surface area contributed by atoms with Crippen molar-refractivity contribution >= 4 is 5.95 Å². The molecule has 0 saturated heterocycles. The van der Waals surface area contributed by atoms with Crippen molar-refractivity contribution in [3.63, 3.8) is 0 Å². The van der Waals surface area contributed by atoms with Crippen molar-refractivity contribution in [1.29, 1.82) is 0 Å². The Morgan fingerprint density at radius 3 is 1.91 bits per heavy atom. The average Bonchev–Trinajstić information content (AvgIpc) is 2.88. The topological polar surface area (TPSA) is 100 Å². The predicted octanol–water partition coefficient (Wildman–Crippen LogP) is 2.53. The van der Waals surface area contributed by atoms with E-state index in [4.69, 9.17) is 9.47 Å². The van der Waals surface area contributed by atoms with E-state index in [-0.39, 0.29) is 19.0 Å². The fourth-order valence-corrected chi connectivity index (χ4v) is 3.45. The van der Waals surface area contributed by atoms with Crippen molar-refractivity contribution in [2.75, 3.05) is 19.5 Å². The largest absolute Gasteiger partial charge is 0.497 e. The molecule has 1 N–H and O–H groups in total. The number of benzene rings is 2. The van der Waals surface area contributed by atoms with Gasteiger partial charge in [0.15, 0.2) is 0 Å². The molecule has 0 spiro atoms. The fourth-order valence-electron chi connectivity index (χ4n) is 3.45. The zero-order chi connectivity index (χ0) is 23.9. The molecule has 2 aromatic heterocycles. The SMILES string of the molecule is COc1ccc(Cn2c(NCc3cccnc3)nc(=O)n(Cc3ccc(OC)cc3)c2=O)cc1. The summed E-state index contributed by atoms with van der Waals surface area (Å²) < 4.78 is 13.0. The van der Waals surface area contributed by atoms with Crippen molar-refractivity contribution in [3.8, 4) is 11.5 Å². The molecule has 174 valence electrons. The monoisotopic (exact) mass is 459 g/mol. The molecular formula is C25H25N5O4. The molecular weight excluding hydrogens is 434 g/mol. The van der Waals surface area contributed by atoms with E-state index < -0.39 is 11.4 Å². The van der Waals surface area contributed by atoms with E-state index in [1.54, 1.807) is 38.7 Å². The number of anilines is 1. The van der Waals surface area contributed by atoms with E-state index in [1.165, 1.54) is 4.57 Å². The van der Waals surface area contributed by atoms with Gasteiger partial charge in [0.05, 0.1) is 27.3 Å². The van der Waals surface area contributed by atoms with E-state index in [0.717, 1.165) is 21.3 Å². The maximum Gasteiger partial charge on any atom is 0.355 e. The van der Waals surface area contributed by atoms with Gasteiger partial charge in [0, 0.05) is 18.9 Å². The van der Waals surface area contributed by atoms with Gasteiger partial charge in [-0.3, -0.25) is 9.55 Å². The lowest BCUT2D eigenvalue weighted by molar-refractivity contribution is 0.414. The van der Waals surface area contributed by atoms with Gasteiger partial charge in [-0.15, -0.1) is 0 Å². The minimum absolute atomic E-state index is 0.0974. The van der Waals surface area contributed by atoms with Gasteiger partial charge in [0.2, 0.25) is 5.95 Å². The summed E-state index contributed by atoms with van der Waals surface area (Å²) in [6.45, 7) is 0.694. The Bertz CT molecular complexity index is 1350. The van der Waals surface area contributed by atoms with Crippen LogP contribution in [0.1, 0.15) is 16.7 Å². The molecule has 4 aromatic rings. The molecule has 0 aliphatic heterocycles. The molecule has 2 aromatic carbocycles. The van der Waals surface area contributed by atoms with Crippen LogP contribution in [0, 0.1) is 0 Å². The number of nitrogens with one attached hydrogen (secondary N) is 1. The summed E-state index contributed by atoms with van der Waals surface area (Å²) in [5, 5.41) is 3.12. The Morgan fingerprint density at radius 1 is 0.794 bits per heavy atom. The minimum Gasteiger partial charge on any atom is -0.497 e. The standard InChI is InChI=1S/C25H25N5O4/c1-33-21-9-5-18(6-10-21)16-29-23(27-15-20-4-3-13-26-14-20)28-24(31)30(25(29)32)17-19-7-11-22(34-2)12-8-19/h3-14H,15-17H2,1-2H3,(H,27,28,31). The molecule has 0 saturated carbocycles. The molecule has 9 nitrogen and oxygen atoms in total. The number of ether oxygens (including phenoxy) is 2. The average molecular weight is 460 g/mol. The van der Waals surface area contributed by atoms with Crippen LogP contribution in [0.4, 0.5) is 5.95 Å². The van der Waals surface area contributed by atoms with Crippen molar-refractivity contribution in [2.45, 2.75) is 19.6 Å². The van der Waals surface area contributed by atoms with Crippen LogP contribution in [0.15, 0.2) is 82.6 Å². The van der Waals surface area contributed by atoms with Crippen molar-refractivity contribution in [3.05, 3.63) is 111 Å². The van der Waals surface area contributed by atoms with Crippen LogP contribution >= 0.6 is 0 Å². The van der Waals surface area contributed by atoms with Crippen LogP contribution in [0.3, 0.4) is 0 Å². The summed E-state index contributed by atoms with van der Waals surface area (Å²) in [5.74, 6) is 1.61. The van der Waals surface area contributed by atoms with Crippen LogP contribution in [-0.4, -0.2) is 33.3 Å². The number of nitrogens with zero attached hydrogens (tertiary/aromatic N) is 4. The molecule has 0 bridgehead atoms. The molecule has 0 radical (unpaired) electrons. The first-order chi connectivity index (χ1) is 16.6. The van der Waals surface area contributed by atoms with Gasteiger partial charge >= 0.3 is 11.4 Å². The second-order valence-electron chi connectivity index (χ2n) is 7.58. The highest BCUT2D eigenvalue weighted by molar-refractivity contribution is 5.32. The van der Waals surface area contributed by atoms with Crippen LogP contribution in [0.25, 0.3) is 0 Å². The van der Waals surface area contributed by atoms with Gasteiger partial charge in [-0.2, -0.15) is 4.98 Å². The number of pyridine rings is 1. The van der Waals surface area contributed by atoms with E-state index in [9.17, 15) is 9.59 Å². The fraction of sp³-hybridized carbons (Fsp3) is 0.200. The van der Waals surface area contributed by atoms with Crippen molar-refractivity contribution in [1.82, 2.24) is 19.1 Å². The first-order valence-electron chi connectivity index (χ1n) is 10.7. The Labute approximate surface area is 196 Å². The van der Waals surface area contributed by atoms with Crippen LogP contribution in [0.2, 0.25) is 0 Å². The summed E-state index contributed by atoms with van der Waals surface area (Å²) in [6.07, 6.45) is 3.39. The zero-order valence-corrected chi connectivity index (χ0v) is 19.0. The summed E-state index contributed by atoms with van der Waals surface area (Å²) in [4.78, 5) is 34.6. The Kier molecular flexibility index (Phi) is 7.02. The Morgan fingerprint density at radius 2 is 1.38 bits per heavy atom. The normalized spacial score (nSPS) is 10.6. The quantitative estimate of drug-likeness (QED) is 0.411. The maximum atomic E-state index is 13.5. The molecule has 0 aliphatic rings. The van der Waals surface area contributed by atoms with Gasteiger partial charge in [-0.1, -0.05) is 30.3 Å². The summed E-state index contributed by atoms with van der Waals surface area (Å²) in [6, 6.07) is 18.3. The zero-order valence-electron chi connectivity index (χ0n) is 19.0. The number of rotatable bonds is 9. The smallest absolute Gasteiger partial charge is 0.355 e. The molecule has 34 heavy (non-hydrogen) atoms. The maximum absolute atomic E-state index is 13.5. The number of aromatic nitrogens is 4. The molecule has 2 heterocycles. The van der Waals surface area contributed by atoms with E-state index in [2.05, 4.69) is 15.3 Å². The summed E-state index contributed by atoms with van der Waals surface area (Å²) in [5.41, 5.74) is 1.47. The van der Waals surface area contributed by atoms with Crippen LogP contribution in [-0.2, 0) is 19.6 Å². The first kappa shape index (κ1) is 22.8. The Balaban J connectivity index is 1.70. The van der Waals surface area contributed by atoms with Gasteiger partial charge in [0.25, 0.3) is 0 Å². The number of hydrogen-bond donors (Lipinski definition) is 1.